The smallest absolute Gasteiger partial charge is 0.434 e. The lowest BCUT2D eigenvalue weighted by atomic mass is 9.66. The van der Waals surface area contributed by atoms with E-state index >= 15 is 0 Å². The van der Waals surface area contributed by atoms with Gasteiger partial charge in [-0.3, -0.25) is 4.79 Å². The number of halogens is 3. The molecule has 1 aromatic carbocycles. The summed E-state index contributed by atoms with van der Waals surface area (Å²) >= 11 is 0. The fourth-order valence-electron chi connectivity index (χ4n) is 3.27. The molecule has 0 bridgehead atoms. The third kappa shape index (κ3) is 3.41. The average molecular weight is 381 g/mol. The highest BCUT2D eigenvalue weighted by atomic mass is 19.4. The van der Waals surface area contributed by atoms with Crippen LogP contribution in [0.5, 0.6) is 0 Å². The molecule has 0 atom stereocenters. The molecule has 1 aromatic heterocycles. The molecule has 2 aromatic rings. The van der Waals surface area contributed by atoms with Crippen LogP contribution in [0.3, 0.4) is 0 Å². The normalized spacial score (nSPS) is 15.9. The van der Waals surface area contributed by atoms with Crippen LogP contribution >= 0.6 is 0 Å². The number of hydrogen-bond donors (Lipinski definition) is 2. The molecule has 6 nitrogen and oxygen atoms in total. The Bertz CT molecular complexity index is 863. The van der Waals surface area contributed by atoms with Crippen LogP contribution in [0.15, 0.2) is 30.5 Å². The lowest BCUT2D eigenvalue weighted by Gasteiger charge is -2.39. The number of carbonyl (C=O) groups is 2. The van der Waals surface area contributed by atoms with Crippen molar-refractivity contribution in [2.45, 2.75) is 38.8 Å². The number of nitrogens with one attached hydrogen (secondary N) is 1. The van der Waals surface area contributed by atoms with Crippen molar-refractivity contribution >= 4 is 17.6 Å². The molecule has 27 heavy (non-hydrogen) atoms. The van der Waals surface area contributed by atoms with E-state index in [2.05, 4.69) is 10.4 Å². The second kappa shape index (κ2) is 6.71. The van der Waals surface area contributed by atoms with Crippen molar-refractivity contribution in [3.63, 3.8) is 0 Å². The van der Waals surface area contributed by atoms with Gasteiger partial charge in [0.2, 0.25) is 5.91 Å². The van der Waals surface area contributed by atoms with Gasteiger partial charge < -0.3 is 10.4 Å². The van der Waals surface area contributed by atoms with Gasteiger partial charge in [-0.1, -0.05) is 13.3 Å². The Morgan fingerprint density at radius 1 is 1.26 bits per heavy atom. The zero-order chi connectivity index (χ0) is 19.8. The molecule has 1 fully saturated rings. The third-order valence-corrected chi connectivity index (χ3v) is 5.11. The zero-order valence-corrected chi connectivity index (χ0v) is 14.5. The standard InChI is InChI=1S/C18H18F3N3O3/c1-2-17(8-3-9-17)16(27)23-11-4-6-12(7-5-11)24-14(18(19,20)21)13(10-22-24)15(25)26/h4-7,10H,2-3,8-9H2,1H3,(H,23,27)(H,25,26). The summed E-state index contributed by atoms with van der Waals surface area (Å²) in [4.78, 5) is 23.5. The summed E-state index contributed by atoms with van der Waals surface area (Å²) < 4.78 is 40.4. The molecule has 1 aliphatic rings. The van der Waals surface area contributed by atoms with Gasteiger partial charge in [0.15, 0.2) is 5.69 Å². The van der Waals surface area contributed by atoms with E-state index in [-0.39, 0.29) is 17.0 Å². The molecular weight excluding hydrogens is 363 g/mol. The summed E-state index contributed by atoms with van der Waals surface area (Å²) in [7, 11) is 0. The Hall–Kier alpha value is -2.84. The summed E-state index contributed by atoms with van der Waals surface area (Å²) in [6.07, 6.45) is -0.818. The van der Waals surface area contributed by atoms with Crippen LogP contribution in [0, 0.1) is 5.41 Å². The molecule has 1 amide bonds. The average Bonchev–Trinajstić information content (AvgIpc) is 3.00. The maximum atomic E-state index is 13.3. The number of benzene rings is 1. The van der Waals surface area contributed by atoms with E-state index in [9.17, 15) is 22.8 Å². The predicted octanol–water partition coefficient (Wildman–Crippen LogP) is 4.11. The van der Waals surface area contributed by atoms with Crippen molar-refractivity contribution in [2.75, 3.05) is 5.32 Å². The van der Waals surface area contributed by atoms with E-state index in [4.69, 9.17) is 5.11 Å². The van der Waals surface area contributed by atoms with E-state index in [1.807, 2.05) is 6.92 Å². The molecule has 144 valence electrons. The summed E-state index contributed by atoms with van der Waals surface area (Å²) in [5.41, 5.74) is -2.13. The molecule has 0 unspecified atom stereocenters. The van der Waals surface area contributed by atoms with E-state index in [1.165, 1.54) is 24.3 Å². The monoisotopic (exact) mass is 381 g/mol. The minimum atomic E-state index is -4.88. The summed E-state index contributed by atoms with van der Waals surface area (Å²) in [6, 6.07) is 5.64. The largest absolute Gasteiger partial charge is 0.478 e. The first kappa shape index (κ1) is 18.9. The summed E-state index contributed by atoms with van der Waals surface area (Å²) in [6.45, 7) is 1.96. The van der Waals surface area contributed by atoms with Gasteiger partial charge in [0.05, 0.1) is 11.9 Å². The first-order valence-corrected chi connectivity index (χ1v) is 8.48. The van der Waals surface area contributed by atoms with E-state index < -0.39 is 23.4 Å². The maximum Gasteiger partial charge on any atom is 0.434 e. The van der Waals surface area contributed by atoms with Crippen LogP contribution in [0.1, 0.15) is 48.7 Å². The Morgan fingerprint density at radius 2 is 1.89 bits per heavy atom. The minimum Gasteiger partial charge on any atom is -0.478 e. The van der Waals surface area contributed by atoms with Gasteiger partial charge in [0.25, 0.3) is 0 Å². The van der Waals surface area contributed by atoms with Crippen LogP contribution in [0.4, 0.5) is 18.9 Å². The van der Waals surface area contributed by atoms with Crippen molar-refractivity contribution < 1.29 is 27.9 Å². The van der Waals surface area contributed by atoms with Crippen LogP contribution in [0.25, 0.3) is 5.69 Å². The number of rotatable bonds is 5. The topological polar surface area (TPSA) is 84.2 Å². The number of carboxylic acids is 1. The lowest BCUT2D eigenvalue weighted by molar-refractivity contribution is -0.143. The van der Waals surface area contributed by atoms with Crippen molar-refractivity contribution in [1.29, 1.82) is 0 Å². The number of carbonyl (C=O) groups excluding carboxylic acids is 1. The molecule has 0 radical (unpaired) electrons. The van der Waals surface area contributed by atoms with Crippen molar-refractivity contribution in [1.82, 2.24) is 9.78 Å². The van der Waals surface area contributed by atoms with E-state index in [0.717, 1.165) is 25.7 Å². The van der Waals surface area contributed by atoms with Gasteiger partial charge in [-0.2, -0.15) is 18.3 Å². The second-order valence-electron chi connectivity index (χ2n) is 6.61. The molecule has 2 N–H and O–H groups in total. The van der Waals surface area contributed by atoms with Crippen molar-refractivity contribution in [3.8, 4) is 5.69 Å². The zero-order valence-electron chi connectivity index (χ0n) is 14.5. The lowest BCUT2D eigenvalue weighted by Crippen LogP contribution is -2.41. The minimum absolute atomic E-state index is 0.0432. The molecule has 0 saturated heterocycles. The Labute approximate surface area is 153 Å². The van der Waals surface area contributed by atoms with Gasteiger partial charge >= 0.3 is 12.1 Å². The Balaban J connectivity index is 1.86. The highest BCUT2D eigenvalue weighted by molar-refractivity contribution is 5.96. The first-order valence-electron chi connectivity index (χ1n) is 8.48. The highest BCUT2D eigenvalue weighted by Crippen LogP contribution is 2.44. The number of amides is 1. The van der Waals surface area contributed by atoms with Crippen molar-refractivity contribution in [3.05, 3.63) is 41.7 Å². The fraction of sp³-hybridized carbons (Fsp3) is 0.389. The van der Waals surface area contributed by atoms with Gasteiger partial charge in [-0.25, -0.2) is 9.48 Å². The molecule has 9 heteroatoms. The quantitative estimate of drug-likeness (QED) is 0.816. The number of alkyl halides is 3. The number of nitrogens with zero attached hydrogens (tertiary/aromatic N) is 2. The van der Waals surface area contributed by atoms with Gasteiger partial charge in [0.1, 0.15) is 5.56 Å². The number of aromatic carboxylic acids is 1. The first-order chi connectivity index (χ1) is 12.7. The molecule has 1 saturated carbocycles. The highest BCUT2D eigenvalue weighted by Gasteiger charge is 2.42. The molecule has 1 heterocycles. The van der Waals surface area contributed by atoms with E-state index in [1.54, 1.807) is 0 Å². The van der Waals surface area contributed by atoms with Gasteiger partial charge in [-0.15, -0.1) is 0 Å². The number of anilines is 1. The number of aromatic nitrogens is 2. The predicted molar refractivity (Wildman–Crippen MR) is 90.7 cm³/mol. The van der Waals surface area contributed by atoms with Crippen molar-refractivity contribution in [2.24, 2.45) is 5.41 Å². The van der Waals surface area contributed by atoms with Crippen LogP contribution in [0.2, 0.25) is 0 Å². The summed E-state index contributed by atoms with van der Waals surface area (Å²) in [5.74, 6) is -1.80. The van der Waals surface area contributed by atoms with E-state index in [0.29, 0.717) is 16.6 Å². The van der Waals surface area contributed by atoms with Crippen LogP contribution in [-0.2, 0) is 11.0 Å². The molecular formula is C18H18F3N3O3. The Morgan fingerprint density at radius 3 is 2.33 bits per heavy atom. The second-order valence-corrected chi connectivity index (χ2v) is 6.61. The Kier molecular flexibility index (Phi) is 4.71. The molecule has 0 spiro atoms. The molecule has 1 aliphatic carbocycles. The number of carboxylic acid groups (broad SMARTS) is 1. The number of hydrogen-bond acceptors (Lipinski definition) is 3. The maximum absolute atomic E-state index is 13.3. The van der Waals surface area contributed by atoms with Gasteiger partial charge in [0, 0.05) is 11.1 Å². The third-order valence-electron chi connectivity index (χ3n) is 5.11. The fourth-order valence-corrected chi connectivity index (χ4v) is 3.27. The summed E-state index contributed by atoms with van der Waals surface area (Å²) in [5, 5.41) is 15.3. The van der Waals surface area contributed by atoms with Crippen LogP contribution in [-0.4, -0.2) is 26.8 Å². The molecule has 0 aliphatic heterocycles. The SMILES string of the molecule is CCC1(C(=O)Nc2ccc(-n3ncc(C(=O)O)c3C(F)(F)F)cc2)CCC1. The van der Waals surface area contributed by atoms with Gasteiger partial charge in [-0.05, 0) is 43.5 Å². The molecule has 3 rings (SSSR count). The van der Waals surface area contributed by atoms with Crippen LogP contribution < -0.4 is 5.32 Å².